The number of phenols is 1. The van der Waals surface area contributed by atoms with E-state index in [-0.39, 0.29) is 11.8 Å². The Labute approximate surface area is 77.8 Å². The van der Waals surface area contributed by atoms with Gasteiger partial charge in [0.15, 0.2) is 0 Å². The standard InChI is InChI=1S/C9H13NOS/c1-2-8(10)7-4-3-6(12)5-9(7)11/h3-5,8,11-12H,2,10H2,1H3. The summed E-state index contributed by atoms with van der Waals surface area (Å²) in [5, 5.41) is 9.46. The minimum absolute atomic E-state index is 0.0843. The Morgan fingerprint density at radius 3 is 2.75 bits per heavy atom. The zero-order valence-corrected chi connectivity index (χ0v) is 7.88. The highest BCUT2D eigenvalue weighted by atomic mass is 32.1. The summed E-state index contributed by atoms with van der Waals surface area (Å²) in [7, 11) is 0. The van der Waals surface area contributed by atoms with Gasteiger partial charge >= 0.3 is 0 Å². The lowest BCUT2D eigenvalue weighted by Crippen LogP contribution is -2.08. The fourth-order valence-corrected chi connectivity index (χ4v) is 1.26. The minimum atomic E-state index is -0.0843. The van der Waals surface area contributed by atoms with E-state index in [4.69, 9.17) is 5.73 Å². The third kappa shape index (κ3) is 1.93. The van der Waals surface area contributed by atoms with Crippen molar-refractivity contribution in [2.45, 2.75) is 24.3 Å². The van der Waals surface area contributed by atoms with Crippen molar-refractivity contribution >= 4 is 12.6 Å². The summed E-state index contributed by atoms with van der Waals surface area (Å²) in [4.78, 5) is 0.750. The second-order valence-corrected chi connectivity index (χ2v) is 3.27. The molecular weight excluding hydrogens is 170 g/mol. The molecule has 0 spiro atoms. The van der Waals surface area contributed by atoms with Gasteiger partial charge in [0, 0.05) is 16.5 Å². The Balaban J connectivity index is 3.01. The normalized spacial score (nSPS) is 12.9. The molecule has 0 fully saturated rings. The van der Waals surface area contributed by atoms with Gasteiger partial charge in [0.05, 0.1) is 0 Å². The van der Waals surface area contributed by atoms with Crippen LogP contribution in [0, 0.1) is 0 Å². The number of phenolic OH excluding ortho intramolecular Hbond substituents is 1. The van der Waals surface area contributed by atoms with Gasteiger partial charge in [-0.1, -0.05) is 13.0 Å². The smallest absolute Gasteiger partial charge is 0.121 e. The first-order chi connectivity index (χ1) is 5.65. The molecule has 3 N–H and O–H groups in total. The van der Waals surface area contributed by atoms with Gasteiger partial charge in [0.25, 0.3) is 0 Å². The van der Waals surface area contributed by atoms with Crippen molar-refractivity contribution in [2.24, 2.45) is 5.73 Å². The van der Waals surface area contributed by atoms with Crippen LogP contribution in [-0.2, 0) is 0 Å². The fraction of sp³-hybridized carbons (Fsp3) is 0.333. The fourth-order valence-electron chi connectivity index (χ4n) is 1.07. The van der Waals surface area contributed by atoms with E-state index in [9.17, 15) is 5.11 Å². The van der Waals surface area contributed by atoms with Crippen LogP contribution in [0.3, 0.4) is 0 Å². The van der Waals surface area contributed by atoms with Crippen LogP contribution in [0.25, 0.3) is 0 Å². The third-order valence-corrected chi connectivity index (χ3v) is 2.13. The molecule has 0 heterocycles. The van der Waals surface area contributed by atoms with Crippen LogP contribution in [0.2, 0.25) is 0 Å². The van der Waals surface area contributed by atoms with Crippen LogP contribution in [-0.4, -0.2) is 5.11 Å². The van der Waals surface area contributed by atoms with Crippen LogP contribution in [0.1, 0.15) is 24.9 Å². The van der Waals surface area contributed by atoms with Crippen molar-refractivity contribution in [3.8, 4) is 5.75 Å². The van der Waals surface area contributed by atoms with Gasteiger partial charge in [-0.3, -0.25) is 0 Å². The van der Waals surface area contributed by atoms with Crippen molar-refractivity contribution < 1.29 is 5.11 Å². The van der Waals surface area contributed by atoms with Gasteiger partial charge in [-0.15, -0.1) is 12.6 Å². The van der Waals surface area contributed by atoms with E-state index in [1.165, 1.54) is 0 Å². The van der Waals surface area contributed by atoms with E-state index in [0.717, 1.165) is 16.9 Å². The van der Waals surface area contributed by atoms with Gasteiger partial charge in [0.2, 0.25) is 0 Å². The highest BCUT2D eigenvalue weighted by molar-refractivity contribution is 7.80. The Bertz CT molecular complexity index is 275. The zero-order valence-electron chi connectivity index (χ0n) is 6.99. The largest absolute Gasteiger partial charge is 0.508 e. The lowest BCUT2D eigenvalue weighted by atomic mass is 10.0. The van der Waals surface area contributed by atoms with Crippen LogP contribution in [0.15, 0.2) is 23.1 Å². The van der Waals surface area contributed by atoms with Gasteiger partial charge in [0.1, 0.15) is 5.75 Å². The van der Waals surface area contributed by atoms with Crippen LogP contribution in [0.5, 0.6) is 5.75 Å². The Hall–Kier alpha value is -0.670. The molecule has 0 amide bonds. The second kappa shape index (κ2) is 3.83. The number of benzene rings is 1. The topological polar surface area (TPSA) is 46.2 Å². The molecule has 0 aromatic heterocycles. The van der Waals surface area contributed by atoms with E-state index >= 15 is 0 Å². The van der Waals surface area contributed by atoms with Crippen LogP contribution < -0.4 is 5.73 Å². The molecule has 12 heavy (non-hydrogen) atoms. The molecule has 2 nitrogen and oxygen atoms in total. The van der Waals surface area contributed by atoms with Crippen molar-refractivity contribution in [1.29, 1.82) is 0 Å². The highest BCUT2D eigenvalue weighted by Crippen LogP contribution is 2.26. The van der Waals surface area contributed by atoms with Gasteiger partial charge in [-0.25, -0.2) is 0 Å². The molecule has 0 radical (unpaired) electrons. The van der Waals surface area contributed by atoms with Gasteiger partial charge < -0.3 is 10.8 Å². The summed E-state index contributed by atoms with van der Waals surface area (Å²) in [6, 6.07) is 5.16. The third-order valence-electron chi connectivity index (χ3n) is 1.85. The van der Waals surface area contributed by atoms with Crippen molar-refractivity contribution in [3.63, 3.8) is 0 Å². The number of thiol groups is 1. The number of rotatable bonds is 2. The molecule has 0 saturated heterocycles. The first kappa shape index (κ1) is 9.42. The summed E-state index contributed by atoms with van der Waals surface area (Å²) in [6.45, 7) is 1.98. The van der Waals surface area contributed by atoms with E-state index < -0.39 is 0 Å². The average molecular weight is 183 g/mol. The molecule has 0 aliphatic heterocycles. The summed E-state index contributed by atoms with van der Waals surface area (Å²) < 4.78 is 0. The average Bonchev–Trinajstić information content (AvgIpc) is 2.03. The molecule has 1 aromatic carbocycles. The lowest BCUT2D eigenvalue weighted by Gasteiger charge is -2.10. The van der Waals surface area contributed by atoms with Crippen LogP contribution >= 0.6 is 12.6 Å². The first-order valence-corrected chi connectivity index (χ1v) is 4.37. The molecule has 0 saturated carbocycles. The quantitative estimate of drug-likeness (QED) is 0.615. The molecule has 3 heteroatoms. The van der Waals surface area contributed by atoms with E-state index in [1.54, 1.807) is 6.07 Å². The maximum absolute atomic E-state index is 9.46. The molecular formula is C9H13NOS. The summed E-state index contributed by atoms with van der Waals surface area (Å²) in [5.41, 5.74) is 6.55. The van der Waals surface area contributed by atoms with Crippen molar-refractivity contribution in [2.75, 3.05) is 0 Å². The van der Waals surface area contributed by atoms with Crippen LogP contribution in [0.4, 0.5) is 0 Å². The molecule has 1 atom stereocenters. The SMILES string of the molecule is CCC(N)c1ccc(S)cc1O. The molecule has 66 valence electrons. The highest BCUT2D eigenvalue weighted by Gasteiger charge is 2.07. The van der Waals surface area contributed by atoms with Crippen molar-refractivity contribution in [1.82, 2.24) is 0 Å². The summed E-state index contributed by atoms with van der Waals surface area (Å²) in [6.07, 6.45) is 0.819. The number of hydrogen-bond acceptors (Lipinski definition) is 3. The van der Waals surface area contributed by atoms with Crippen molar-refractivity contribution in [3.05, 3.63) is 23.8 Å². The Morgan fingerprint density at radius 2 is 2.25 bits per heavy atom. The predicted molar refractivity (Wildman–Crippen MR) is 52.6 cm³/mol. The van der Waals surface area contributed by atoms with Gasteiger partial charge in [-0.05, 0) is 18.6 Å². The van der Waals surface area contributed by atoms with E-state index in [1.807, 2.05) is 19.1 Å². The Kier molecular flexibility index (Phi) is 3.00. The molecule has 1 aromatic rings. The molecule has 1 unspecified atom stereocenters. The molecule has 1 rings (SSSR count). The van der Waals surface area contributed by atoms with E-state index in [2.05, 4.69) is 12.6 Å². The zero-order chi connectivity index (χ0) is 9.14. The Morgan fingerprint density at radius 1 is 1.58 bits per heavy atom. The monoisotopic (exact) mass is 183 g/mol. The second-order valence-electron chi connectivity index (χ2n) is 2.76. The molecule has 0 aliphatic rings. The number of nitrogens with two attached hydrogens (primary N) is 1. The molecule has 0 bridgehead atoms. The first-order valence-electron chi connectivity index (χ1n) is 3.92. The van der Waals surface area contributed by atoms with Gasteiger partial charge in [-0.2, -0.15) is 0 Å². The number of aromatic hydroxyl groups is 1. The predicted octanol–water partition coefficient (Wildman–Crippen LogP) is 2.09. The summed E-state index contributed by atoms with van der Waals surface area (Å²) >= 11 is 4.10. The maximum atomic E-state index is 9.46. The number of hydrogen-bond donors (Lipinski definition) is 3. The lowest BCUT2D eigenvalue weighted by molar-refractivity contribution is 0.458. The molecule has 0 aliphatic carbocycles. The summed E-state index contributed by atoms with van der Waals surface area (Å²) in [5.74, 6) is 0.233. The maximum Gasteiger partial charge on any atom is 0.121 e. The van der Waals surface area contributed by atoms with E-state index in [0.29, 0.717) is 0 Å². The minimum Gasteiger partial charge on any atom is -0.508 e.